The number of aliphatic hydroxyl groups is 1. The second kappa shape index (κ2) is 6.12. The van der Waals surface area contributed by atoms with Crippen LogP contribution >= 0.6 is 0 Å². The molecule has 1 fully saturated rings. The Hall–Kier alpha value is -1.83. The number of aliphatic hydroxyl groups excluding tert-OH is 1. The number of amides is 1. The molecule has 2 rings (SSSR count). The van der Waals surface area contributed by atoms with Crippen LogP contribution in [0.15, 0.2) is 12.3 Å². The van der Waals surface area contributed by atoms with E-state index in [0.29, 0.717) is 5.56 Å². The lowest BCUT2D eigenvalue weighted by molar-refractivity contribution is -0.222. The van der Waals surface area contributed by atoms with E-state index in [0.717, 1.165) is 0 Å². The van der Waals surface area contributed by atoms with Gasteiger partial charge in [0.15, 0.2) is 11.9 Å². The first-order valence-electron chi connectivity index (χ1n) is 6.93. The highest BCUT2D eigenvalue weighted by Crippen LogP contribution is 2.31. The SMILES string of the molecule is CC(=O)c1c[nH]c(C(=O)N2CCC(C(O)C(F)(F)F)CC2)c1. The summed E-state index contributed by atoms with van der Waals surface area (Å²) in [5, 5.41) is 9.24. The number of carbonyl (C=O) groups excluding carboxylic acids is 2. The topological polar surface area (TPSA) is 73.4 Å². The van der Waals surface area contributed by atoms with Crippen LogP contribution in [0.2, 0.25) is 0 Å². The van der Waals surface area contributed by atoms with Crippen LogP contribution in [0.1, 0.15) is 40.6 Å². The van der Waals surface area contributed by atoms with Gasteiger partial charge in [0.05, 0.1) is 0 Å². The Morgan fingerprint density at radius 1 is 1.36 bits per heavy atom. The van der Waals surface area contributed by atoms with E-state index in [-0.39, 0.29) is 43.3 Å². The summed E-state index contributed by atoms with van der Waals surface area (Å²) in [6.07, 6.45) is -5.37. The predicted octanol–water partition coefficient (Wildman–Crippen LogP) is 1.99. The van der Waals surface area contributed by atoms with Crippen molar-refractivity contribution < 1.29 is 27.9 Å². The minimum absolute atomic E-state index is 0.0900. The number of alkyl halides is 3. The first kappa shape index (κ1) is 16.5. The number of nitrogens with one attached hydrogen (secondary N) is 1. The summed E-state index contributed by atoms with van der Waals surface area (Å²) in [5.74, 6) is -1.42. The summed E-state index contributed by atoms with van der Waals surface area (Å²) in [6.45, 7) is 1.66. The Labute approximate surface area is 125 Å². The molecule has 1 aromatic heterocycles. The summed E-state index contributed by atoms with van der Waals surface area (Å²) in [4.78, 5) is 27.5. The molecule has 1 aliphatic heterocycles. The number of hydrogen-bond donors (Lipinski definition) is 2. The predicted molar refractivity (Wildman–Crippen MR) is 71.5 cm³/mol. The highest BCUT2D eigenvalue weighted by atomic mass is 19.4. The minimum Gasteiger partial charge on any atom is -0.383 e. The molecule has 0 aromatic carbocycles. The lowest BCUT2D eigenvalue weighted by Gasteiger charge is -2.34. The van der Waals surface area contributed by atoms with Gasteiger partial charge in [-0.1, -0.05) is 0 Å². The molecule has 1 aliphatic rings. The molecular formula is C14H17F3N2O3. The molecule has 0 aliphatic carbocycles. The third kappa shape index (κ3) is 3.49. The molecule has 8 heteroatoms. The van der Waals surface area contributed by atoms with E-state index in [1.165, 1.54) is 24.1 Å². The van der Waals surface area contributed by atoms with Gasteiger partial charge in [0.2, 0.25) is 0 Å². The number of aromatic amines is 1. The van der Waals surface area contributed by atoms with Crippen LogP contribution in [-0.4, -0.2) is 52.1 Å². The van der Waals surface area contributed by atoms with E-state index < -0.39 is 18.2 Å². The number of ketones is 1. The van der Waals surface area contributed by atoms with Crippen molar-refractivity contribution in [2.75, 3.05) is 13.1 Å². The van der Waals surface area contributed by atoms with Crippen molar-refractivity contribution in [3.63, 3.8) is 0 Å². The molecule has 2 heterocycles. The van der Waals surface area contributed by atoms with Gasteiger partial charge in [-0.25, -0.2) is 0 Å². The molecule has 22 heavy (non-hydrogen) atoms. The maximum Gasteiger partial charge on any atom is 0.414 e. The number of nitrogens with zero attached hydrogens (tertiary/aromatic N) is 1. The number of hydrogen-bond acceptors (Lipinski definition) is 3. The van der Waals surface area contributed by atoms with E-state index in [1.807, 2.05) is 0 Å². The monoisotopic (exact) mass is 318 g/mol. The molecule has 0 saturated carbocycles. The lowest BCUT2D eigenvalue weighted by Crippen LogP contribution is -2.45. The number of rotatable bonds is 3. The largest absolute Gasteiger partial charge is 0.414 e. The number of aromatic nitrogens is 1. The fourth-order valence-electron chi connectivity index (χ4n) is 2.58. The van der Waals surface area contributed by atoms with Gasteiger partial charge < -0.3 is 15.0 Å². The Kier molecular flexibility index (Phi) is 4.60. The molecule has 2 N–H and O–H groups in total. The van der Waals surface area contributed by atoms with E-state index in [1.54, 1.807) is 0 Å². The Morgan fingerprint density at radius 2 is 1.95 bits per heavy atom. The van der Waals surface area contributed by atoms with E-state index in [4.69, 9.17) is 0 Å². The van der Waals surface area contributed by atoms with Gasteiger partial charge in [0.1, 0.15) is 5.69 Å². The second-order valence-corrected chi connectivity index (χ2v) is 5.47. The first-order chi connectivity index (χ1) is 10.2. The number of Topliss-reactive ketones (excluding diaryl/α,β-unsaturated/α-hetero) is 1. The van der Waals surface area contributed by atoms with Gasteiger partial charge >= 0.3 is 6.18 Å². The zero-order valence-corrected chi connectivity index (χ0v) is 12.0. The van der Waals surface area contributed by atoms with Crippen molar-refractivity contribution in [1.82, 2.24) is 9.88 Å². The highest BCUT2D eigenvalue weighted by Gasteiger charge is 2.44. The third-order valence-electron chi connectivity index (χ3n) is 3.93. The van der Waals surface area contributed by atoms with Gasteiger partial charge in [-0.3, -0.25) is 9.59 Å². The zero-order chi connectivity index (χ0) is 16.5. The Morgan fingerprint density at radius 3 is 2.41 bits per heavy atom. The van der Waals surface area contributed by atoms with Crippen LogP contribution in [0.25, 0.3) is 0 Å². The number of carbonyl (C=O) groups is 2. The zero-order valence-electron chi connectivity index (χ0n) is 12.0. The van der Waals surface area contributed by atoms with Crippen molar-refractivity contribution in [2.24, 2.45) is 5.92 Å². The van der Waals surface area contributed by atoms with Crippen molar-refractivity contribution in [3.05, 3.63) is 23.5 Å². The number of piperidine rings is 1. The lowest BCUT2D eigenvalue weighted by atomic mass is 9.91. The maximum absolute atomic E-state index is 12.5. The number of likely N-dealkylation sites (tertiary alicyclic amines) is 1. The molecule has 1 atom stereocenters. The molecule has 122 valence electrons. The van der Waals surface area contributed by atoms with Crippen LogP contribution in [0.4, 0.5) is 13.2 Å². The fraction of sp³-hybridized carbons (Fsp3) is 0.571. The van der Waals surface area contributed by atoms with Crippen molar-refractivity contribution in [1.29, 1.82) is 0 Å². The highest BCUT2D eigenvalue weighted by molar-refractivity contribution is 5.99. The molecule has 1 saturated heterocycles. The van der Waals surface area contributed by atoms with E-state index in [9.17, 15) is 27.9 Å². The van der Waals surface area contributed by atoms with Crippen LogP contribution in [0.3, 0.4) is 0 Å². The van der Waals surface area contributed by atoms with Gasteiger partial charge in [-0.2, -0.15) is 13.2 Å². The van der Waals surface area contributed by atoms with E-state index >= 15 is 0 Å². The summed E-state index contributed by atoms with van der Waals surface area (Å²) in [6, 6.07) is 1.43. The van der Waals surface area contributed by atoms with Gasteiger partial charge in [-0.15, -0.1) is 0 Å². The van der Waals surface area contributed by atoms with Crippen LogP contribution in [-0.2, 0) is 0 Å². The first-order valence-corrected chi connectivity index (χ1v) is 6.93. The minimum atomic E-state index is -4.63. The van der Waals surface area contributed by atoms with Gasteiger partial charge in [0, 0.05) is 24.8 Å². The summed E-state index contributed by atoms with van der Waals surface area (Å²) < 4.78 is 37.4. The number of halogens is 3. The Balaban J connectivity index is 1.96. The van der Waals surface area contributed by atoms with Gasteiger partial charge in [0.25, 0.3) is 5.91 Å². The molecule has 5 nitrogen and oxygen atoms in total. The summed E-state index contributed by atoms with van der Waals surface area (Å²) >= 11 is 0. The smallest absolute Gasteiger partial charge is 0.383 e. The van der Waals surface area contributed by atoms with E-state index in [2.05, 4.69) is 4.98 Å². The third-order valence-corrected chi connectivity index (χ3v) is 3.93. The maximum atomic E-state index is 12.5. The van der Waals surface area contributed by atoms with Gasteiger partial charge in [-0.05, 0) is 31.7 Å². The van der Waals surface area contributed by atoms with Crippen LogP contribution in [0, 0.1) is 5.92 Å². The average molecular weight is 318 g/mol. The second-order valence-electron chi connectivity index (χ2n) is 5.47. The number of H-pyrrole nitrogens is 1. The van der Waals surface area contributed by atoms with Crippen LogP contribution < -0.4 is 0 Å². The standard InChI is InChI=1S/C14H17F3N2O3/c1-8(20)10-6-11(18-7-10)13(22)19-4-2-9(3-5-19)12(21)14(15,16)17/h6-7,9,12,18,21H,2-5H2,1H3. The van der Waals surface area contributed by atoms with Crippen LogP contribution in [0.5, 0.6) is 0 Å². The molecule has 1 amide bonds. The summed E-state index contributed by atoms with van der Waals surface area (Å²) in [7, 11) is 0. The quantitative estimate of drug-likeness (QED) is 0.837. The molecule has 0 spiro atoms. The molecule has 0 bridgehead atoms. The van der Waals surface area contributed by atoms with Crippen molar-refractivity contribution in [2.45, 2.75) is 32.0 Å². The molecule has 1 aromatic rings. The molecule has 1 unspecified atom stereocenters. The normalized spacial score (nSPS) is 18.3. The van der Waals surface area contributed by atoms with Crippen molar-refractivity contribution >= 4 is 11.7 Å². The summed E-state index contributed by atoms with van der Waals surface area (Å²) in [5.41, 5.74) is 0.616. The fourth-order valence-corrected chi connectivity index (χ4v) is 2.58. The molecular weight excluding hydrogens is 301 g/mol. The molecule has 0 radical (unpaired) electrons. The Bertz CT molecular complexity index is 560. The van der Waals surface area contributed by atoms with Crippen molar-refractivity contribution in [3.8, 4) is 0 Å². The average Bonchev–Trinajstić information content (AvgIpc) is 2.95.